The highest BCUT2D eigenvalue weighted by molar-refractivity contribution is 5.96. The van der Waals surface area contributed by atoms with Gasteiger partial charge in [0.05, 0.1) is 30.3 Å². The maximum Gasteiger partial charge on any atom is 0.251 e. The molecular formula is C24H26N2O4. The molecule has 2 aromatic heterocycles. The maximum absolute atomic E-state index is 12.7. The van der Waals surface area contributed by atoms with Crippen LogP contribution in [0.25, 0.3) is 22.2 Å². The van der Waals surface area contributed by atoms with Gasteiger partial charge in [-0.1, -0.05) is 12.1 Å². The predicted molar refractivity (Wildman–Crippen MR) is 113 cm³/mol. The zero-order valence-corrected chi connectivity index (χ0v) is 16.8. The zero-order chi connectivity index (χ0) is 20.6. The van der Waals surface area contributed by atoms with E-state index in [1.54, 1.807) is 12.5 Å². The summed E-state index contributed by atoms with van der Waals surface area (Å²) < 4.78 is 11.3. The molecule has 2 aliphatic carbocycles. The molecule has 0 spiro atoms. The first-order valence-corrected chi connectivity index (χ1v) is 10.7. The fourth-order valence-corrected chi connectivity index (χ4v) is 4.11. The number of hydrogen-bond acceptors (Lipinski definition) is 5. The van der Waals surface area contributed by atoms with E-state index in [0.29, 0.717) is 12.2 Å². The molecule has 0 radical (unpaired) electrons. The number of nitrogens with zero attached hydrogens (tertiary/aromatic N) is 1. The standard InChI is InChI=1S/C24H26N2O4/c27-23(26-18-5-7-19(8-6-18)30-15-24(28)11-12-24)17-3-1-16(2-4-17)22-20-10-14-29-21(20)9-13-25-22/h1-4,9-10,13-14,18-19,28H,5-8,11-12,15H2,(H,26,27)/t18-,19+. The predicted octanol–water partition coefficient (Wildman–Crippen LogP) is 4.08. The highest BCUT2D eigenvalue weighted by Gasteiger charge is 2.41. The van der Waals surface area contributed by atoms with Gasteiger partial charge < -0.3 is 19.6 Å². The molecule has 1 amide bonds. The topological polar surface area (TPSA) is 84.6 Å². The fraction of sp³-hybridized carbons (Fsp3) is 0.417. The number of aromatic nitrogens is 1. The summed E-state index contributed by atoms with van der Waals surface area (Å²) in [6.07, 6.45) is 8.92. The molecule has 156 valence electrons. The van der Waals surface area contributed by atoms with Gasteiger partial charge in [-0.15, -0.1) is 0 Å². The molecule has 0 saturated heterocycles. The molecule has 0 aliphatic heterocycles. The second-order valence-corrected chi connectivity index (χ2v) is 8.55. The van der Waals surface area contributed by atoms with Crippen LogP contribution in [0.1, 0.15) is 48.9 Å². The van der Waals surface area contributed by atoms with Gasteiger partial charge in [-0.25, -0.2) is 0 Å². The van der Waals surface area contributed by atoms with Crippen molar-refractivity contribution in [3.63, 3.8) is 0 Å². The average Bonchev–Trinajstić information content (AvgIpc) is 3.31. The molecule has 3 aromatic rings. The van der Waals surface area contributed by atoms with Gasteiger partial charge in [0.25, 0.3) is 5.91 Å². The van der Waals surface area contributed by atoms with E-state index in [1.165, 1.54) is 0 Å². The largest absolute Gasteiger partial charge is 0.464 e. The van der Waals surface area contributed by atoms with Gasteiger partial charge in [0.15, 0.2) is 0 Å². The lowest BCUT2D eigenvalue weighted by atomic mass is 9.92. The first-order chi connectivity index (χ1) is 14.6. The first-order valence-electron chi connectivity index (χ1n) is 10.7. The summed E-state index contributed by atoms with van der Waals surface area (Å²) in [4.78, 5) is 17.1. The molecule has 2 saturated carbocycles. The van der Waals surface area contributed by atoms with Crippen molar-refractivity contribution >= 4 is 16.9 Å². The first kappa shape index (κ1) is 19.3. The Bertz CT molecular complexity index is 1030. The number of rotatable bonds is 6. The number of aliphatic hydroxyl groups is 1. The fourth-order valence-electron chi connectivity index (χ4n) is 4.11. The Morgan fingerprint density at radius 1 is 1.13 bits per heavy atom. The Labute approximate surface area is 175 Å². The van der Waals surface area contributed by atoms with Gasteiger partial charge >= 0.3 is 0 Å². The van der Waals surface area contributed by atoms with Gasteiger partial charge in [0.2, 0.25) is 0 Å². The summed E-state index contributed by atoms with van der Waals surface area (Å²) in [5.41, 5.74) is 2.69. The number of carbonyl (C=O) groups excluding carboxylic acids is 1. The molecule has 0 unspecified atom stereocenters. The second-order valence-electron chi connectivity index (χ2n) is 8.55. The minimum absolute atomic E-state index is 0.0484. The molecule has 0 atom stereocenters. The number of fused-ring (bicyclic) bond motifs is 1. The van der Waals surface area contributed by atoms with Crippen molar-refractivity contribution in [3.05, 3.63) is 54.4 Å². The monoisotopic (exact) mass is 406 g/mol. The highest BCUT2D eigenvalue weighted by Crippen LogP contribution is 2.36. The van der Waals surface area contributed by atoms with Crippen molar-refractivity contribution < 1.29 is 19.1 Å². The normalized spacial score (nSPS) is 22.7. The lowest BCUT2D eigenvalue weighted by Gasteiger charge is -2.29. The summed E-state index contributed by atoms with van der Waals surface area (Å²) in [6.45, 7) is 0.447. The molecule has 6 heteroatoms. The van der Waals surface area contributed by atoms with Crippen LogP contribution in [0, 0.1) is 0 Å². The summed E-state index contributed by atoms with van der Waals surface area (Å²) in [6, 6.07) is 11.5. The van der Waals surface area contributed by atoms with E-state index >= 15 is 0 Å². The molecule has 0 bridgehead atoms. The van der Waals surface area contributed by atoms with Crippen molar-refractivity contribution in [3.8, 4) is 11.3 Å². The Morgan fingerprint density at radius 3 is 2.63 bits per heavy atom. The quantitative estimate of drug-likeness (QED) is 0.644. The number of hydrogen-bond donors (Lipinski definition) is 2. The Balaban J connectivity index is 1.17. The third-order valence-electron chi connectivity index (χ3n) is 6.22. The van der Waals surface area contributed by atoms with Crippen LogP contribution >= 0.6 is 0 Å². The second kappa shape index (κ2) is 7.85. The molecule has 1 aromatic carbocycles. The van der Waals surface area contributed by atoms with Gasteiger partial charge in [-0.2, -0.15) is 0 Å². The van der Waals surface area contributed by atoms with Crippen molar-refractivity contribution in [1.82, 2.24) is 10.3 Å². The number of ether oxygens (including phenoxy) is 1. The molecule has 6 nitrogen and oxygen atoms in total. The summed E-state index contributed by atoms with van der Waals surface area (Å²) in [7, 11) is 0. The molecule has 30 heavy (non-hydrogen) atoms. The maximum atomic E-state index is 12.7. The summed E-state index contributed by atoms with van der Waals surface area (Å²) in [5.74, 6) is -0.0484. The van der Waals surface area contributed by atoms with E-state index < -0.39 is 5.60 Å². The zero-order valence-electron chi connectivity index (χ0n) is 16.8. The van der Waals surface area contributed by atoms with Crippen LogP contribution in [-0.2, 0) is 4.74 Å². The van der Waals surface area contributed by atoms with E-state index in [0.717, 1.165) is 60.8 Å². The van der Waals surface area contributed by atoms with Crippen molar-refractivity contribution in [1.29, 1.82) is 0 Å². The third kappa shape index (κ3) is 4.11. The lowest BCUT2D eigenvalue weighted by molar-refractivity contribution is -0.0368. The van der Waals surface area contributed by atoms with Crippen molar-refractivity contribution in [2.45, 2.75) is 56.3 Å². The van der Waals surface area contributed by atoms with Crippen molar-refractivity contribution in [2.24, 2.45) is 0 Å². The smallest absolute Gasteiger partial charge is 0.251 e. The van der Waals surface area contributed by atoms with Crippen LogP contribution < -0.4 is 5.32 Å². The minimum atomic E-state index is -0.560. The number of nitrogens with one attached hydrogen (secondary N) is 1. The molecular weight excluding hydrogens is 380 g/mol. The number of amides is 1. The van der Waals surface area contributed by atoms with Crippen molar-refractivity contribution in [2.75, 3.05) is 6.61 Å². The van der Waals surface area contributed by atoms with Crippen LogP contribution in [0.2, 0.25) is 0 Å². The number of pyridine rings is 1. The lowest BCUT2D eigenvalue weighted by Crippen LogP contribution is -2.39. The Hall–Kier alpha value is -2.70. The van der Waals surface area contributed by atoms with Gasteiger partial charge in [-0.3, -0.25) is 9.78 Å². The molecule has 2 N–H and O–H groups in total. The van der Waals surface area contributed by atoms with Gasteiger partial charge in [0, 0.05) is 28.8 Å². The van der Waals surface area contributed by atoms with Gasteiger partial charge in [-0.05, 0) is 62.8 Å². The summed E-state index contributed by atoms with van der Waals surface area (Å²) >= 11 is 0. The van der Waals surface area contributed by atoms with Crippen LogP contribution in [0.4, 0.5) is 0 Å². The Kier molecular flexibility index (Phi) is 5.05. The molecule has 2 heterocycles. The van der Waals surface area contributed by atoms with E-state index in [1.807, 2.05) is 36.4 Å². The molecule has 2 aliphatic rings. The van der Waals surface area contributed by atoms with E-state index in [-0.39, 0.29) is 18.1 Å². The minimum Gasteiger partial charge on any atom is -0.464 e. The third-order valence-corrected chi connectivity index (χ3v) is 6.22. The van der Waals surface area contributed by atoms with Crippen LogP contribution in [0.5, 0.6) is 0 Å². The summed E-state index contributed by atoms with van der Waals surface area (Å²) in [5, 5.41) is 14.0. The number of carbonyl (C=O) groups is 1. The van der Waals surface area contributed by atoms with E-state index in [2.05, 4.69) is 10.3 Å². The number of furan rings is 1. The van der Waals surface area contributed by atoms with Crippen LogP contribution in [-0.4, -0.2) is 40.4 Å². The molecule has 2 fully saturated rings. The van der Waals surface area contributed by atoms with E-state index in [9.17, 15) is 9.90 Å². The van der Waals surface area contributed by atoms with E-state index in [4.69, 9.17) is 9.15 Å². The average molecular weight is 406 g/mol. The van der Waals surface area contributed by atoms with Crippen LogP contribution in [0.15, 0.2) is 53.3 Å². The number of benzene rings is 1. The SMILES string of the molecule is O=C(N[C@H]1CC[C@@H](OCC2(O)CC2)CC1)c1ccc(-c2nccc3occc23)cc1. The van der Waals surface area contributed by atoms with Crippen LogP contribution in [0.3, 0.4) is 0 Å². The Morgan fingerprint density at radius 2 is 1.90 bits per heavy atom. The molecule has 5 rings (SSSR count). The van der Waals surface area contributed by atoms with Gasteiger partial charge in [0.1, 0.15) is 5.58 Å². The highest BCUT2D eigenvalue weighted by atomic mass is 16.5.